The van der Waals surface area contributed by atoms with Gasteiger partial charge in [-0.15, -0.1) is 0 Å². The van der Waals surface area contributed by atoms with E-state index in [1.165, 1.54) is 35.6 Å². The quantitative estimate of drug-likeness (QED) is 0.537. The van der Waals surface area contributed by atoms with E-state index in [2.05, 4.69) is 5.32 Å². The number of ether oxygens (including phenoxy) is 1. The van der Waals surface area contributed by atoms with Crippen molar-refractivity contribution in [2.45, 2.75) is 25.3 Å². The second-order valence-corrected chi connectivity index (χ2v) is 9.34. The first-order valence-corrected chi connectivity index (χ1v) is 11.5. The van der Waals surface area contributed by atoms with E-state index in [9.17, 15) is 17.6 Å². The molecule has 3 aromatic rings. The lowest BCUT2D eigenvalue weighted by Crippen LogP contribution is -2.27. The molecule has 0 aliphatic heterocycles. The Kier molecular flexibility index (Phi) is 7.27. The van der Waals surface area contributed by atoms with Gasteiger partial charge in [0.2, 0.25) is 10.0 Å². The molecule has 3 rings (SSSR count). The zero-order chi connectivity index (χ0) is 23.3. The Labute approximate surface area is 187 Å². The topological polar surface area (TPSA) is 75.7 Å². The Balaban J connectivity index is 1.86. The van der Waals surface area contributed by atoms with E-state index in [1.54, 1.807) is 42.5 Å². The Morgan fingerprint density at radius 3 is 2.31 bits per heavy atom. The number of amides is 1. The summed E-state index contributed by atoms with van der Waals surface area (Å²) >= 11 is 0. The summed E-state index contributed by atoms with van der Waals surface area (Å²) in [6, 6.07) is 16.9. The highest BCUT2D eigenvalue weighted by atomic mass is 32.2. The van der Waals surface area contributed by atoms with Gasteiger partial charge in [0.25, 0.3) is 5.91 Å². The van der Waals surface area contributed by atoms with E-state index in [-0.39, 0.29) is 11.4 Å². The third-order valence-corrected chi connectivity index (χ3v) is 6.66. The van der Waals surface area contributed by atoms with Crippen LogP contribution >= 0.6 is 0 Å². The lowest BCUT2D eigenvalue weighted by Gasteiger charge is -2.20. The van der Waals surface area contributed by atoms with Crippen LogP contribution in [0.5, 0.6) is 5.75 Å². The molecule has 168 valence electrons. The number of halogens is 1. The first-order chi connectivity index (χ1) is 15.2. The fourth-order valence-corrected chi connectivity index (χ4v) is 4.24. The average molecular weight is 457 g/mol. The molecule has 0 saturated carbocycles. The van der Waals surface area contributed by atoms with Gasteiger partial charge < -0.3 is 10.1 Å². The highest BCUT2D eigenvalue weighted by Gasteiger charge is 2.22. The predicted octanol–water partition coefficient (Wildman–Crippen LogP) is 4.61. The molecule has 1 N–H and O–H groups in total. The summed E-state index contributed by atoms with van der Waals surface area (Å²) in [5.41, 5.74) is 2.29. The fraction of sp³-hybridized carbons (Fsp3) is 0.208. The molecular formula is C24H25FN2O4S. The predicted molar refractivity (Wildman–Crippen MR) is 122 cm³/mol. The minimum atomic E-state index is -3.73. The molecule has 0 aliphatic rings. The van der Waals surface area contributed by atoms with Crippen molar-refractivity contribution in [3.63, 3.8) is 0 Å². The summed E-state index contributed by atoms with van der Waals surface area (Å²) in [5, 5.41) is 2.70. The zero-order valence-corrected chi connectivity index (χ0v) is 18.9. The number of nitrogens with zero attached hydrogens (tertiary/aromatic N) is 1. The first kappa shape index (κ1) is 23.4. The van der Waals surface area contributed by atoms with Crippen molar-refractivity contribution in [2.75, 3.05) is 19.0 Å². The number of hydrogen-bond donors (Lipinski definition) is 1. The van der Waals surface area contributed by atoms with Crippen molar-refractivity contribution in [1.82, 2.24) is 4.31 Å². The van der Waals surface area contributed by atoms with Crippen molar-refractivity contribution < 1.29 is 22.3 Å². The van der Waals surface area contributed by atoms with E-state index in [0.29, 0.717) is 29.2 Å². The second kappa shape index (κ2) is 9.93. The molecule has 0 unspecified atom stereocenters. The van der Waals surface area contributed by atoms with Crippen LogP contribution in [0.25, 0.3) is 0 Å². The highest BCUT2D eigenvalue weighted by Crippen LogP contribution is 2.25. The average Bonchev–Trinajstić information content (AvgIpc) is 2.77. The molecule has 0 aromatic heterocycles. The zero-order valence-electron chi connectivity index (χ0n) is 18.1. The number of sulfonamides is 1. The molecule has 0 saturated heterocycles. The van der Waals surface area contributed by atoms with E-state index in [0.717, 1.165) is 5.56 Å². The molecule has 1 amide bonds. The van der Waals surface area contributed by atoms with E-state index in [4.69, 9.17) is 4.74 Å². The van der Waals surface area contributed by atoms with Crippen molar-refractivity contribution >= 4 is 21.6 Å². The fourth-order valence-electron chi connectivity index (χ4n) is 3.09. The monoisotopic (exact) mass is 456 g/mol. The van der Waals surface area contributed by atoms with Crippen LogP contribution in [-0.4, -0.2) is 32.3 Å². The van der Waals surface area contributed by atoms with Crippen molar-refractivity contribution in [3.05, 3.63) is 89.2 Å². The van der Waals surface area contributed by atoms with E-state index >= 15 is 0 Å². The maximum Gasteiger partial charge on any atom is 0.255 e. The summed E-state index contributed by atoms with van der Waals surface area (Å²) in [7, 11) is -2.25. The molecule has 0 radical (unpaired) electrons. The number of carbonyl (C=O) groups excluding carboxylic acids is 1. The lowest BCUT2D eigenvalue weighted by atomic mass is 10.1. The molecule has 8 heteroatoms. The summed E-state index contributed by atoms with van der Waals surface area (Å²) in [6.45, 7) is 4.12. The summed E-state index contributed by atoms with van der Waals surface area (Å²) in [4.78, 5) is 12.9. The van der Waals surface area contributed by atoms with Crippen molar-refractivity contribution in [3.8, 4) is 5.75 Å². The summed E-state index contributed by atoms with van der Waals surface area (Å²) in [5.74, 6) is -0.300. The molecule has 0 bridgehead atoms. The minimum Gasteiger partial charge on any atom is -0.494 e. The highest BCUT2D eigenvalue weighted by molar-refractivity contribution is 7.89. The molecule has 0 aliphatic carbocycles. The van der Waals surface area contributed by atoms with Gasteiger partial charge in [0.1, 0.15) is 11.6 Å². The number of rotatable bonds is 8. The van der Waals surface area contributed by atoms with Crippen LogP contribution in [0.2, 0.25) is 0 Å². The molecule has 0 spiro atoms. The summed E-state index contributed by atoms with van der Waals surface area (Å²) in [6.07, 6.45) is 0. The van der Waals surface area contributed by atoms with Gasteiger partial charge in [0.15, 0.2) is 0 Å². The molecule has 0 heterocycles. The molecule has 0 fully saturated rings. The maximum absolute atomic E-state index is 13.1. The third kappa shape index (κ3) is 5.52. The normalized spacial score (nSPS) is 11.4. The standard InChI is InChI=1S/C24H25FN2O4S/c1-4-31-23-14-7-18(24(28)26-21-10-8-20(25)9-11-21)15-19(23)16-27(3)32(29,30)22-12-5-17(2)6-13-22/h5-15H,4,16H2,1-3H3,(H,26,28). The number of carbonyl (C=O) groups is 1. The Bertz CT molecular complexity index is 1190. The van der Waals surface area contributed by atoms with Crippen LogP contribution < -0.4 is 10.1 Å². The van der Waals surface area contributed by atoms with Crippen LogP contribution in [0.4, 0.5) is 10.1 Å². The van der Waals surface area contributed by atoms with Crippen LogP contribution in [0.1, 0.15) is 28.4 Å². The van der Waals surface area contributed by atoms with Crippen LogP contribution in [0.15, 0.2) is 71.6 Å². The number of aryl methyl sites for hydroxylation is 1. The Morgan fingerprint density at radius 2 is 1.69 bits per heavy atom. The molecule has 0 atom stereocenters. The number of hydrogen-bond acceptors (Lipinski definition) is 4. The summed E-state index contributed by atoms with van der Waals surface area (Å²) < 4.78 is 45.9. The van der Waals surface area contributed by atoms with Crippen molar-refractivity contribution in [2.24, 2.45) is 0 Å². The smallest absolute Gasteiger partial charge is 0.255 e. The van der Waals surface area contributed by atoms with Crippen molar-refractivity contribution in [1.29, 1.82) is 0 Å². The maximum atomic E-state index is 13.1. The molecule has 32 heavy (non-hydrogen) atoms. The van der Waals surface area contributed by atoms with Gasteiger partial charge in [-0.1, -0.05) is 17.7 Å². The molecule has 3 aromatic carbocycles. The van der Waals surface area contributed by atoms with Gasteiger partial charge in [0.05, 0.1) is 11.5 Å². The number of nitrogens with one attached hydrogen (secondary N) is 1. The molecular weight excluding hydrogens is 431 g/mol. The van der Waals surface area contributed by atoms with Gasteiger partial charge in [0, 0.05) is 30.4 Å². The van der Waals surface area contributed by atoms with E-state index < -0.39 is 21.7 Å². The van der Waals surface area contributed by atoms with Gasteiger partial charge in [-0.25, -0.2) is 12.8 Å². The number of anilines is 1. The Morgan fingerprint density at radius 1 is 1.03 bits per heavy atom. The van der Waals surface area contributed by atoms with Crippen LogP contribution in [-0.2, 0) is 16.6 Å². The van der Waals surface area contributed by atoms with E-state index in [1.807, 2.05) is 13.8 Å². The van der Waals surface area contributed by atoms with Gasteiger partial charge >= 0.3 is 0 Å². The molecule has 6 nitrogen and oxygen atoms in total. The van der Waals surface area contributed by atoms with Gasteiger partial charge in [-0.2, -0.15) is 4.31 Å². The van der Waals surface area contributed by atoms with Crippen LogP contribution in [0, 0.1) is 12.7 Å². The Hall–Kier alpha value is -3.23. The SMILES string of the molecule is CCOc1ccc(C(=O)Nc2ccc(F)cc2)cc1CN(C)S(=O)(=O)c1ccc(C)cc1. The van der Waals surface area contributed by atoms with Gasteiger partial charge in [-0.05, 0) is 68.4 Å². The van der Waals surface area contributed by atoms with Crippen LogP contribution in [0.3, 0.4) is 0 Å². The number of benzene rings is 3. The lowest BCUT2D eigenvalue weighted by molar-refractivity contribution is 0.102. The first-order valence-electron chi connectivity index (χ1n) is 10.1. The second-order valence-electron chi connectivity index (χ2n) is 7.29. The minimum absolute atomic E-state index is 0.0171. The third-order valence-electron chi connectivity index (χ3n) is 4.85. The largest absolute Gasteiger partial charge is 0.494 e. The van der Waals surface area contributed by atoms with Gasteiger partial charge in [-0.3, -0.25) is 4.79 Å².